The van der Waals surface area contributed by atoms with Gasteiger partial charge in [-0.05, 0) is 26.7 Å². The van der Waals surface area contributed by atoms with Crippen LogP contribution in [0.15, 0.2) is 6.20 Å². The number of rotatable bonds is 2. The first kappa shape index (κ1) is 11.0. The third kappa shape index (κ3) is 1.89. The summed E-state index contributed by atoms with van der Waals surface area (Å²) in [6.45, 7) is 5.46. The Hall–Kier alpha value is -1.52. The number of aromatic nitrogens is 2. The summed E-state index contributed by atoms with van der Waals surface area (Å²) in [5.74, 6) is 0.139. The molecule has 1 aliphatic rings. The number of hydrogen-bond acceptors (Lipinski definition) is 3. The van der Waals surface area contributed by atoms with Gasteiger partial charge in [0.25, 0.3) is 0 Å². The normalized spacial score (nSPS) is 17.8. The van der Waals surface area contributed by atoms with E-state index in [9.17, 15) is 4.79 Å². The lowest BCUT2D eigenvalue weighted by Crippen LogP contribution is -2.34. The second-order valence-corrected chi connectivity index (χ2v) is 4.36. The highest BCUT2D eigenvalue weighted by Gasteiger charge is 2.25. The topological polar surface area (TPSA) is 64.2 Å². The zero-order valence-corrected chi connectivity index (χ0v) is 9.81. The van der Waals surface area contributed by atoms with E-state index in [2.05, 4.69) is 5.10 Å². The van der Waals surface area contributed by atoms with E-state index in [1.54, 1.807) is 10.9 Å². The molecular formula is C11H18N4O. The van der Waals surface area contributed by atoms with E-state index in [1.807, 2.05) is 18.7 Å². The van der Waals surface area contributed by atoms with Gasteiger partial charge in [-0.2, -0.15) is 5.10 Å². The second kappa shape index (κ2) is 4.15. The third-order valence-electron chi connectivity index (χ3n) is 3.13. The SMILES string of the molecule is Cc1nn([C@@H](C)C(=O)N2CCCC2)cc1N. The second-order valence-electron chi connectivity index (χ2n) is 4.36. The first-order chi connectivity index (χ1) is 7.59. The fourth-order valence-corrected chi connectivity index (χ4v) is 2.01. The Morgan fingerprint density at radius 1 is 1.50 bits per heavy atom. The highest BCUT2D eigenvalue weighted by Crippen LogP contribution is 2.17. The van der Waals surface area contributed by atoms with Gasteiger partial charge in [0.2, 0.25) is 5.91 Å². The van der Waals surface area contributed by atoms with Gasteiger partial charge in [0.05, 0.1) is 11.4 Å². The van der Waals surface area contributed by atoms with Gasteiger partial charge in [0.15, 0.2) is 0 Å². The van der Waals surface area contributed by atoms with Crippen LogP contribution in [0, 0.1) is 6.92 Å². The number of likely N-dealkylation sites (tertiary alicyclic amines) is 1. The summed E-state index contributed by atoms with van der Waals surface area (Å²) >= 11 is 0. The lowest BCUT2D eigenvalue weighted by Gasteiger charge is -2.20. The highest BCUT2D eigenvalue weighted by molar-refractivity contribution is 5.80. The highest BCUT2D eigenvalue weighted by atomic mass is 16.2. The summed E-state index contributed by atoms with van der Waals surface area (Å²) in [4.78, 5) is 14.0. The van der Waals surface area contributed by atoms with Gasteiger partial charge >= 0.3 is 0 Å². The van der Waals surface area contributed by atoms with Crippen molar-refractivity contribution in [3.8, 4) is 0 Å². The molecular weight excluding hydrogens is 204 g/mol. The molecule has 1 aromatic rings. The number of amides is 1. The Labute approximate surface area is 95.2 Å². The van der Waals surface area contributed by atoms with E-state index >= 15 is 0 Å². The van der Waals surface area contributed by atoms with E-state index in [1.165, 1.54) is 0 Å². The van der Waals surface area contributed by atoms with Crippen molar-refractivity contribution in [2.24, 2.45) is 0 Å². The van der Waals surface area contributed by atoms with Crippen molar-refractivity contribution in [3.63, 3.8) is 0 Å². The molecule has 88 valence electrons. The van der Waals surface area contributed by atoms with E-state index in [0.717, 1.165) is 31.6 Å². The molecule has 0 radical (unpaired) electrons. The third-order valence-corrected chi connectivity index (χ3v) is 3.13. The molecule has 0 aliphatic carbocycles. The summed E-state index contributed by atoms with van der Waals surface area (Å²) in [6, 6.07) is -0.255. The molecule has 16 heavy (non-hydrogen) atoms. The van der Waals surface area contributed by atoms with E-state index in [0.29, 0.717) is 5.69 Å². The first-order valence-corrected chi connectivity index (χ1v) is 5.69. The van der Waals surface area contributed by atoms with E-state index in [4.69, 9.17) is 5.73 Å². The van der Waals surface area contributed by atoms with Crippen molar-refractivity contribution < 1.29 is 4.79 Å². The molecule has 1 aliphatic heterocycles. The molecule has 1 atom stereocenters. The predicted octanol–water partition coefficient (Wildman–Crippen LogP) is 0.957. The van der Waals surface area contributed by atoms with Crippen LogP contribution in [0.3, 0.4) is 0 Å². The molecule has 0 bridgehead atoms. The fourth-order valence-electron chi connectivity index (χ4n) is 2.01. The Balaban J connectivity index is 2.11. The van der Waals surface area contributed by atoms with Crippen LogP contribution in [0.4, 0.5) is 5.69 Å². The fraction of sp³-hybridized carbons (Fsp3) is 0.636. The minimum atomic E-state index is -0.255. The molecule has 0 spiro atoms. The van der Waals surface area contributed by atoms with Gasteiger partial charge in [-0.3, -0.25) is 9.48 Å². The quantitative estimate of drug-likeness (QED) is 0.810. The van der Waals surface area contributed by atoms with Gasteiger partial charge in [-0.1, -0.05) is 0 Å². The van der Waals surface area contributed by atoms with Crippen molar-refractivity contribution in [1.29, 1.82) is 0 Å². The van der Waals surface area contributed by atoms with Crippen molar-refractivity contribution in [3.05, 3.63) is 11.9 Å². The standard InChI is InChI=1S/C11H18N4O/c1-8-10(12)7-15(13-8)9(2)11(16)14-5-3-4-6-14/h7,9H,3-6,12H2,1-2H3/t9-/m0/s1. The summed E-state index contributed by atoms with van der Waals surface area (Å²) in [5, 5.41) is 4.25. The summed E-state index contributed by atoms with van der Waals surface area (Å²) in [6.07, 6.45) is 3.95. The number of anilines is 1. The maximum Gasteiger partial charge on any atom is 0.247 e. The van der Waals surface area contributed by atoms with Gasteiger partial charge in [0, 0.05) is 19.3 Å². The Morgan fingerprint density at radius 2 is 2.12 bits per heavy atom. The van der Waals surface area contributed by atoms with Gasteiger partial charge < -0.3 is 10.6 Å². The largest absolute Gasteiger partial charge is 0.396 e. The molecule has 0 aromatic carbocycles. The van der Waals surface area contributed by atoms with Crippen molar-refractivity contribution in [1.82, 2.24) is 14.7 Å². The number of hydrogen-bond donors (Lipinski definition) is 1. The van der Waals surface area contributed by atoms with Gasteiger partial charge in [-0.25, -0.2) is 0 Å². The predicted molar refractivity (Wildman–Crippen MR) is 61.9 cm³/mol. The molecule has 1 aromatic heterocycles. The number of nitrogens with zero attached hydrogens (tertiary/aromatic N) is 3. The van der Waals surface area contributed by atoms with Crippen LogP contribution < -0.4 is 5.73 Å². The monoisotopic (exact) mass is 222 g/mol. The molecule has 5 heteroatoms. The van der Waals surface area contributed by atoms with Crippen LogP contribution in [0.25, 0.3) is 0 Å². The Bertz CT molecular complexity index is 373. The zero-order chi connectivity index (χ0) is 11.7. The first-order valence-electron chi connectivity index (χ1n) is 5.69. The number of nitrogen functional groups attached to an aromatic ring is 1. The molecule has 2 heterocycles. The van der Waals surface area contributed by atoms with Gasteiger partial charge in [-0.15, -0.1) is 0 Å². The van der Waals surface area contributed by atoms with Crippen LogP contribution in [0.2, 0.25) is 0 Å². The molecule has 0 saturated carbocycles. The van der Waals surface area contributed by atoms with Crippen LogP contribution in [0.1, 0.15) is 31.5 Å². The molecule has 0 unspecified atom stereocenters. The molecule has 5 nitrogen and oxygen atoms in total. The van der Waals surface area contributed by atoms with Crippen LogP contribution in [0.5, 0.6) is 0 Å². The number of carbonyl (C=O) groups is 1. The number of carbonyl (C=O) groups excluding carboxylic acids is 1. The van der Waals surface area contributed by atoms with Crippen molar-refractivity contribution in [2.75, 3.05) is 18.8 Å². The average molecular weight is 222 g/mol. The van der Waals surface area contributed by atoms with Crippen LogP contribution in [-0.2, 0) is 4.79 Å². The Kier molecular flexibility index (Phi) is 2.85. The number of aryl methyl sites for hydroxylation is 1. The van der Waals surface area contributed by atoms with Crippen molar-refractivity contribution >= 4 is 11.6 Å². The van der Waals surface area contributed by atoms with Crippen LogP contribution >= 0.6 is 0 Å². The Morgan fingerprint density at radius 3 is 2.62 bits per heavy atom. The molecule has 2 rings (SSSR count). The lowest BCUT2D eigenvalue weighted by atomic mass is 10.3. The smallest absolute Gasteiger partial charge is 0.247 e. The maximum atomic E-state index is 12.1. The minimum Gasteiger partial charge on any atom is -0.396 e. The molecule has 1 amide bonds. The van der Waals surface area contributed by atoms with E-state index in [-0.39, 0.29) is 11.9 Å². The summed E-state index contributed by atoms with van der Waals surface area (Å²) in [5.41, 5.74) is 7.14. The van der Waals surface area contributed by atoms with Crippen molar-refractivity contribution in [2.45, 2.75) is 32.7 Å². The molecule has 1 saturated heterocycles. The maximum absolute atomic E-state index is 12.1. The number of nitrogens with two attached hydrogens (primary N) is 1. The van der Waals surface area contributed by atoms with Gasteiger partial charge in [0.1, 0.15) is 6.04 Å². The summed E-state index contributed by atoms with van der Waals surface area (Å²) < 4.78 is 1.66. The molecule has 1 fully saturated rings. The molecule has 2 N–H and O–H groups in total. The minimum absolute atomic E-state index is 0.139. The zero-order valence-electron chi connectivity index (χ0n) is 9.81. The lowest BCUT2D eigenvalue weighted by molar-refractivity contribution is -0.133. The average Bonchev–Trinajstić information content (AvgIpc) is 2.87. The van der Waals surface area contributed by atoms with E-state index < -0.39 is 0 Å². The van der Waals surface area contributed by atoms with Crippen LogP contribution in [-0.4, -0.2) is 33.7 Å². The summed E-state index contributed by atoms with van der Waals surface area (Å²) in [7, 11) is 0.